The predicted octanol–water partition coefficient (Wildman–Crippen LogP) is 3.46. The Kier molecular flexibility index (Phi) is 3.09. The van der Waals surface area contributed by atoms with Gasteiger partial charge < -0.3 is 14.3 Å². The standard InChI is InChI=1S/C12H9NO4S2/c1-16-5-6-10(12(14)15)17-11(13-6)9-4-8-7(19-9)2-3-18-8/h2-4H,5H2,1H3,(H,14,15). The van der Waals surface area contributed by atoms with Crippen LogP contribution in [0.2, 0.25) is 0 Å². The Labute approximate surface area is 116 Å². The van der Waals surface area contributed by atoms with Crippen LogP contribution in [0, 0.1) is 0 Å². The summed E-state index contributed by atoms with van der Waals surface area (Å²) in [6.45, 7) is 0.116. The minimum absolute atomic E-state index is 0.116. The average Bonchev–Trinajstić information content (AvgIpc) is 2.99. The van der Waals surface area contributed by atoms with Gasteiger partial charge in [0.15, 0.2) is 0 Å². The van der Waals surface area contributed by atoms with Crippen molar-refractivity contribution in [3.8, 4) is 10.8 Å². The maximum Gasteiger partial charge on any atom is 0.373 e. The molecule has 0 saturated heterocycles. The fraction of sp³-hybridized carbons (Fsp3) is 0.167. The molecule has 0 unspecified atom stereocenters. The van der Waals surface area contributed by atoms with Gasteiger partial charge >= 0.3 is 5.97 Å². The minimum atomic E-state index is -1.14. The minimum Gasteiger partial charge on any atom is -0.475 e. The Morgan fingerprint density at radius 3 is 3.05 bits per heavy atom. The first-order valence-corrected chi connectivity index (χ1v) is 7.08. The molecule has 0 saturated carbocycles. The van der Waals surface area contributed by atoms with Crippen molar-refractivity contribution in [1.82, 2.24) is 4.98 Å². The largest absolute Gasteiger partial charge is 0.475 e. The van der Waals surface area contributed by atoms with E-state index in [1.165, 1.54) is 18.4 Å². The van der Waals surface area contributed by atoms with Gasteiger partial charge in [0.2, 0.25) is 11.7 Å². The van der Waals surface area contributed by atoms with Crippen molar-refractivity contribution in [2.24, 2.45) is 0 Å². The highest BCUT2D eigenvalue weighted by atomic mass is 32.1. The van der Waals surface area contributed by atoms with Crippen molar-refractivity contribution in [2.75, 3.05) is 7.11 Å². The molecular weight excluding hydrogens is 286 g/mol. The molecule has 5 nitrogen and oxygen atoms in total. The van der Waals surface area contributed by atoms with E-state index in [0.29, 0.717) is 11.6 Å². The summed E-state index contributed by atoms with van der Waals surface area (Å²) in [6.07, 6.45) is 0. The van der Waals surface area contributed by atoms with Gasteiger partial charge in [-0.3, -0.25) is 0 Å². The number of carboxylic acids is 1. The summed E-state index contributed by atoms with van der Waals surface area (Å²) >= 11 is 3.16. The van der Waals surface area contributed by atoms with Gasteiger partial charge in [-0.15, -0.1) is 22.7 Å². The van der Waals surface area contributed by atoms with Crippen LogP contribution in [-0.4, -0.2) is 23.2 Å². The second-order valence-electron chi connectivity index (χ2n) is 3.79. The number of hydrogen-bond donors (Lipinski definition) is 1. The smallest absolute Gasteiger partial charge is 0.373 e. The molecule has 0 aromatic carbocycles. The van der Waals surface area contributed by atoms with Crippen molar-refractivity contribution in [2.45, 2.75) is 6.61 Å². The summed E-state index contributed by atoms with van der Waals surface area (Å²) in [7, 11) is 1.49. The lowest BCUT2D eigenvalue weighted by molar-refractivity contribution is 0.0656. The van der Waals surface area contributed by atoms with E-state index in [1.54, 1.807) is 11.3 Å². The zero-order valence-electron chi connectivity index (χ0n) is 9.87. The number of hydrogen-bond acceptors (Lipinski definition) is 6. The molecule has 0 aliphatic carbocycles. The summed E-state index contributed by atoms with van der Waals surface area (Å²) < 4.78 is 12.6. The zero-order chi connectivity index (χ0) is 13.4. The molecule has 0 aliphatic rings. The maximum absolute atomic E-state index is 11.1. The van der Waals surface area contributed by atoms with Crippen LogP contribution < -0.4 is 0 Å². The third-order valence-electron chi connectivity index (χ3n) is 2.52. The normalized spacial score (nSPS) is 11.2. The lowest BCUT2D eigenvalue weighted by atomic mass is 10.3. The Morgan fingerprint density at radius 2 is 2.37 bits per heavy atom. The molecule has 0 fully saturated rings. The summed E-state index contributed by atoms with van der Waals surface area (Å²) in [5, 5.41) is 11.1. The number of thiophene rings is 2. The molecule has 3 aromatic heterocycles. The molecule has 1 N–H and O–H groups in total. The molecular formula is C12H9NO4S2. The molecule has 19 heavy (non-hydrogen) atoms. The predicted molar refractivity (Wildman–Crippen MR) is 72.9 cm³/mol. The van der Waals surface area contributed by atoms with E-state index in [9.17, 15) is 4.79 Å². The van der Waals surface area contributed by atoms with E-state index in [1.807, 2.05) is 17.5 Å². The molecule has 7 heteroatoms. The first kappa shape index (κ1) is 12.3. The molecule has 3 heterocycles. The first-order chi connectivity index (χ1) is 9.19. The van der Waals surface area contributed by atoms with Crippen LogP contribution >= 0.6 is 22.7 Å². The third kappa shape index (κ3) is 2.16. The van der Waals surface area contributed by atoms with Crippen molar-refractivity contribution in [3.63, 3.8) is 0 Å². The number of carbonyl (C=O) groups is 1. The van der Waals surface area contributed by atoms with Gasteiger partial charge in [0.25, 0.3) is 0 Å². The summed E-state index contributed by atoms with van der Waals surface area (Å²) in [5.74, 6) is -0.962. The highest BCUT2D eigenvalue weighted by Gasteiger charge is 2.21. The van der Waals surface area contributed by atoms with Gasteiger partial charge in [0.05, 0.1) is 11.5 Å². The molecule has 0 aliphatic heterocycles. The van der Waals surface area contributed by atoms with Crippen molar-refractivity contribution in [3.05, 3.63) is 29.0 Å². The third-order valence-corrected chi connectivity index (χ3v) is 4.60. The van der Waals surface area contributed by atoms with Gasteiger partial charge in [-0.25, -0.2) is 9.78 Å². The Morgan fingerprint density at radius 1 is 1.53 bits per heavy atom. The van der Waals surface area contributed by atoms with Crippen LogP contribution in [0.4, 0.5) is 0 Å². The number of rotatable bonds is 4. The lowest BCUT2D eigenvalue weighted by Gasteiger charge is -1.92. The van der Waals surface area contributed by atoms with Gasteiger partial charge in [-0.1, -0.05) is 0 Å². The Hall–Kier alpha value is -1.70. The molecule has 0 atom stereocenters. The molecule has 0 amide bonds. The van der Waals surface area contributed by atoms with Crippen LogP contribution in [0.1, 0.15) is 16.2 Å². The number of oxazole rings is 1. The van der Waals surface area contributed by atoms with Crippen LogP contribution in [0.25, 0.3) is 20.2 Å². The molecule has 3 rings (SSSR count). The SMILES string of the molecule is COCc1nc(-c2cc3sccc3s2)oc1C(=O)O. The highest BCUT2D eigenvalue weighted by molar-refractivity contribution is 7.28. The lowest BCUT2D eigenvalue weighted by Crippen LogP contribution is -2.00. The van der Waals surface area contributed by atoms with Crippen molar-refractivity contribution < 1.29 is 19.1 Å². The van der Waals surface area contributed by atoms with E-state index in [0.717, 1.165) is 14.3 Å². The van der Waals surface area contributed by atoms with Gasteiger partial charge in [-0.05, 0) is 17.5 Å². The number of ether oxygens (including phenoxy) is 1. The molecule has 98 valence electrons. The van der Waals surface area contributed by atoms with E-state index < -0.39 is 5.97 Å². The molecule has 0 bridgehead atoms. The topological polar surface area (TPSA) is 72.6 Å². The number of aromatic carboxylic acids is 1. The Bertz CT molecular complexity index is 711. The monoisotopic (exact) mass is 295 g/mol. The van der Waals surface area contributed by atoms with Crippen molar-refractivity contribution >= 4 is 38.0 Å². The first-order valence-electron chi connectivity index (χ1n) is 5.38. The van der Waals surface area contributed by atoms with E-state index in [4.69, 9.17) is 14.3 Å². The molecule has 0 radical (unpaired) electrons. The van der Waals surface area contributed by atoms with Gasteiger partial charge in [-0.2, -0.15) is 0 Å². The van der Waals surface area contributed by atoms with Crippen molar-refractivity contribution in [1.29, 1.82) is 0 Å². The highest BCUT2D eigenvalue weighted by Crippen LogP contribution is 2.36. The number of fused-ring (bicyclic) bond motifs is 1. The fourth-order valence-corrected chi connectivity index (χ4v) is 3.76. The van der Waals surface area contributed by atoms with Crippen LogP contribution in [0.5, 0.6) is 0 Å². The number of aromatic nitrogens is 1. The zero-order valence-corrected chi connectivity index (χ0v) is 11.5. The van der Waals surface area contributed by atoms with E-state index in [2.05, 4.69) is 4.98 Å². The van der Waals surface area contributed by atoms with Gasteiger partial charge in [0.1, 0.15) is 5.69 Å². The van der Waals surface area contributed by atoms with Crippen LogP contribution in [0.3, 0.4) is 0 Å². The second kappa shape index (κ2) is 4.76. The van der Waals surface area contributed by atoms with Crippen LogP contribution in [0.15, 0.2) is 21.9 Å². The van der Waals surface area contributed by atoms with Gasteiger partial charge in [0, 0.05) is 16.5 Å². The van der Waals surface area contributed by atoms with E-state index in [-0.39, 0.29) is 12.4 Å². The number of methoxy groups -OCH3 is 1. The average molecular weight is 295 g/mol. The van der Waals surface area contributed by atoms with E-state index >= 15 is 0 Å². The molecule has 3 aromatic rings. The second-order valence-corrected chi connectivity index (χ2v) is 5.82. The number of nitrogens with zero attached hydrogens (tertiary/aromatic N) is 1. The summed E-state index contributed by atoms with van der Waals surface area (Å²) in [6, 6.07) is 3.98. The summed E-state index contributed by atoms with van der Waals surface area (Å²) in [5.41, 5.74) is 0.307. The van der Waals surface area contributed by atoms with Crippen LogP contribution in [-0.2, 0) is 11.3 Å². The Balaban J connectivity index is 2.07. The maximum atomic E-state index is 11.1. The fourth-order valence-electron chi connectivity index (χ4n) is 1.73. The molecule has 0 spiro atoms. The number of carboxylic acid groups (broad SMARTS) is 1. The summed E-state index contributed by atoms with van der Waals surface area (Å²) in [4.78, 5) is 16.1. The quantitative estimate of drug-likeness (QED) is 0.798.